The number of nitrogens with one attached hydrogen (secondary N) is 1. The molecule has 2 unspecified atom stereocenters. The summed E-state index contributed by atoms with van der Waals surface area (Å²) in [5.74, 6) is -0.211. The number of ether oxygens (including phenoxy) is 2. The molecule has 1 fully saturated rings. The second kappa shape index (κ2) is 5.64. The highest BCUT2D eigenvalue weighted by molar-refractivity contribution is 7.91. The fourth-order valence-electron chi connectivity index (χ4n) is 3.01. The van der Waals surface area contributed by atoms with E-state index in [-0.39, 0.29) is 24.3 Å². The lowest BCUT2D eigenvalue weighted by Gasteiger charge is -2.31. The van der Waals surface area contributed by atoms with E-state index in [1.165, 1.54) is 7.11 Å². The number of carbonyl (C=O) groups is 1. The van der Waals surface area contributed by atoms with E-state index in [4.69, 9.17) is 9.47 Å². The quantitative estimate of drug-likeness (QED) is 0.890. The van der Waals surface area contributed by atoms with Crippen LogP contribution < -0.4 is 5.32 Å². The lowest BCUT2D eigenvalue weighted by molar-refractivity contribution is -0.144. The number of amides is 1. The first-order valence-electron chi connectivity index (χ1n) is 7.24. The summed E-state index contributed by atoms with van der Waals surface area (Å²) in [7, 11) is -1.76. The Hall–Kier alpha value is -1.44. The number of benzene rings is 1. The highest BCUT2D eigenvalue weighted by Gasteiger charge is 2.44. The molecule has 2 aliphatic heterocycles. The Balaban J connectivity index is 1.86. The predicted molar refractivity (Wildman–Crippen MR) is 79.2 cm³/mol. The minimum atomic E-state index is -3.26. The fourth-order valence-corrected chi connectivity index (χ4v) is 4.63. The SMILES string of the molecule is COC1(C(=O)NC2CCS(=O)(=O)c3ccccc32)CCOC1. The van der Waals surface area contributed by atoms with Crippen molar-refractivity contribution in [1.82, 2.24) is 5.32 Å². The molecule has 0 spiro atoms. The van der Waals surface area contributed by atoms with Crippen molar-refractivity contribution in [2.24, 2.45) is 0 Å². The molecular weight excluding hydrogens is 306 g/mol. The molecule has 6 nitrogen and oxygen atoms in total. The molecule has 0 radical (unpaired) electrons. The molecule has 1 saturated heterocycles. The summed E-state index contributed by atoms with van der Waals surface area (Å²) in [6.07, 6.45) is 0.869. The topological polar surface area (TPSA) is 81.7 Å². The Labute approximate surface area is 129 Å². The summed E-state index contributed by atoms with van der Waals surface area (Å²) >= 11 is 0. The van der Waals surface area contributed by atoms with Gasteiger partial charge in [0.2, 0.25) is 0 Å². The number of rotatable bonds is 3. The van der Waals surface area contributed by atoms with Crippen molar-refractivity contribution in [3.05, 3.63) is 29.8 Å². The first-order chi connectivity index (χ1) is 10.5. The highest BCUT2D eigenvalue weighted by Crippen LogP contribution is 2.33. The van der Waals surface area contributed by atoms with Crippen molar-refractivity contribution >= 4 is 15.7 Å². The summed E-state index contributed by atoms with van der Waals surface area (Å²) in [5, 5.41) is 2.94. The van der Waals surface area contributed by atoms with Crippen LogP contribution in [0.2, 0.25) is 0 Å². The Morgan fingerprint density at radius 3 is 2.86 bits per heavy atom. The molecule has 1 amide bonds. The predicted octanol–water partition coefficient (Wildman–Crippen LogP) is 0.827. The minimum Gasteiger partial charge on any atom is -0.378 e. The van der Waals surface area contributed by atoms with Gasteiger partial charge >= 0.3 is 0 Å². The molecule has 0 bridgehead atoms. The third-order valence-corrected chi connectivity index (χ3v) is 6.22. The average molecular weight is 325 g/mol. The molecule has 0 aromatic heterocycles. The van der Waals surface area contributed by atoms with Crippen LogP contribution in [0.25, 0.3) is 0 Å². The summed E-state index contributed by atoms with van der Waals surface area (Å²) in [5.41, 5.74) is -0.321. The first kappa shape index (κ1) is 15.5. The third-order valence-electron chi connectivity index (χ3n) is 4.40. The van der Waals surface area contributed by atoms with Gasteiger partial charge in [0.05, 0.1) is 29.9 Å². The maximum atomic E-state index is 12.6. The molecule has 1 aromatic rings. The largest absolute Gasteiger partial charge is 0.378 e. The van der Waals surface area contributed by atoms with Gasteiger partial charge in [-0.05, 0) is 18.1 Å². The van der Waals surface area contributed by atoms with E-state index in [0.29, 0.717) is 29.9 Å². The fraction of sp³-hybridized carbons (Fsp3) is 0.533. The van der Waals surface area contributed by atoms with Crippen molar-refractivity contribution in [3.8, 4) is 0 Å². The number of methoxy groups -OCH3 is 1. The van der Waals surface area contributed by atoms with Gasteiger partial charge in [0.15, 0.2) is 15.4 Å². The normalized spacial score (nSPS) is 29.8. The molecule has 2 atom stereocenters. The van der Waals surface area contributed by atoms with Crippen LogP contribution in [0.15, 0.2) is 29.2 Å². The van der Waals surface area contributed by atoms with Gasteiger partial charge in [-0.25, -0.2) is 8.42 Å². The van der Waals surface area contributed by atoms with Gasteiger partial charge in [-0.1, -0.05) is 18.2 Å². The van der Waals surface area contributed by atoms with Crippen LogP contribution in [0.5, 0.6) is 0 Å². The number of hydrogen-bond donors (Lipinski definition) is 1. The highest BCUT2D eigenvalue weighted by atomic mass is 32.2. The molecule has 3 rings (SSSR count). The summed E-state index contributed by atoms with van der Waals surface area (Å²) in [4.78, 5) is 12.9. The Kier molecular flexibility index (Phi) is 3.96. The van der Waals surface area contributed by atoms with Gasteiger partial charge in [0.25, 0.3) is 5.91 Å². The molecule has 1 aromatic carbocycles. The monoisotopic (exact) mass is 325 g/mol. The van der Waals surface area contributed by atoms with Gasteiger partial charge < -0.3 is 14.8 Å². The second-order valence-corrected chi connectivity index (χ2v) is 7.75. The van der Waals surface area contributed by atoms with Gasteiger partial charge in [0, 0.05) is 13.5 Å². The minimum absolute atomic E-state index is 0.0332. The Bertz CT molecular complexity index is 679. The van der Waals surface area contributed by atoms with Crippen LogP contribution in [-0.2, 0) is 24.1 Å². The van der Waals surface area contributed by atoms with Crippen molar-refractivity contribution in [3.63, 3.8) is 0 Å². The van der Waals surface area contributed by atoms with Crippen molar-refractivity contribution in [2.75, 3.05) is 26.1 Å². The number of sulfone groups is 1. The van der Waals surface area contributed by atoms with E-state index < -0.39 is 15.4 Å². The zero-order chi connectivity index (χ0) is 15.8. The smallest absolute Gasteiger partial charge is 0.255 e. The molecule has 0 saturated carbocycles. The van der Waals surface area contributed by atoms with Crippen LogP contribution >= 0.6 is 0 Å². The van der Waals surface area contributed by atoms with Crippen molar-refractivity contribution in [2.45, 2.75) is 29.4 Å². The van der Waals surface area contributed by atoms with Crippen LogP contribution in [-0.4, -0.2) is 46.0 Å². The van der Waals surface area contributed by atoms with Gasteiger partial charge in [0.1, 0.15) is 0 Å². The van der Waals surface area contributed by atoms with E-state index in [0.717, 1.165) is 0 Å². The van der Waals surface area contributed by atoms with E-state index in [1.54, 1.807) is 24.3 Å². The maximum absolute atomic E-state index is 12.6. The van der Waals surface area contributed by atoms with Crippen molar-refractivity contribution < 1.29 is 22.7 Å². The Morgan fingerprint density at radius 1 is 1.41 bits per heavy atom. The van der Waals surface area contributed by atoms with E-state index in [2.05, 4.69) is 5.32 Å². The molecule has 7 heteroatoms. The maximum Gasteiger partial charge on any atom is 0.255 e. The number of hydrogen-bond acceptors (Lipinski definition) is 5. The first-order valence-corrected chi connectivity index (χ1v) is 8.89. The van der Waals surface area contributed by atoms with E-state index in [1.807, 2.05) is 0 Å². The zero-order valence-electron chi connectivity index (χ0n) is 12.4. The van der Waals surface area contributed by atoms with Crippen LogP contribution in [0.4, 0.5) is 0 Å². The van der Waals surface area contributed by atoms with Gasteiger partial charge in [-0.15, -0.1) is 0 Å². The molecule has 0 aliphatic carbocycles. The Morgan fingerprint density at radius 2 is 2.18 bits per heavy atom. The molecular formula is C15H19NO5S. The average Bonchev–Trinajstić information content (AvgIpc) is 3.01. The van der Waals surface area contributed by atoms with Crippen molar-refractivity contribution in [1.29, 1.82) is 0 Å². The van der Waals surface area contributed by atoms with Gasteiger partial charge in [-0.2, -0.15) is 0 Å². The van der Waals surface area contributed by atoms with Crippen LogP contribution in [0.3, 0.4) is 0 Å². The molecule has 120 valence electrons. The molecule has 2 aliphatic rings. The summed E-state index contributed by atoms with van der Waals surface area (Å²) < 4.78 is 34.9. The van der Waals surface area contributed by atoms with E-state index in [9.17, 15) is 13.2 Å². The lowest BCUT2D eigenvalue weighted by Crippen LogP contribution is -2.50. The number of carbonyl (C=O) groups excluding carboxylic acids is 1. The van der Waals surface area contributed by atoms with Crippen LogP contribution in [0.1, 0.15) is 24.4 Å². The van der Waals surface area contributed by atoms with Crippen LogP contribution in [0, 0.1) is 0 Å². The van der Waals surface area contributed by atoms with Gasteiger partial charge in [-0.3, -0.25) is 4.79 Å². The summed E-state index contributed by atoms with van der Waals surface area (Å²) in [6, 6.07) is 6.50. The molecule has 22 heavy (non-hydrogen) atoms. The number of fused-ring (bicyclic) bond motifs is 1. The second-order valence-electron chi connectivity index (χ2n) is 5.67. The zero-order valence-corrected chi connectivity index (χ0v) is 13.2. The molecule has 1 N–H and O–H groups in total. The van der Waals surface area contributed by atoms with E-state index >= 15 is 0 Å². The standard InChI is InChI=1S/C15H19NO5S/c1-20-15(7-8-21-10-15)14(17)16-12-6-9-22(18,19)13-5-3-2-4-11(12)13/h2-5,12H,6-10H2,1H3,(H,16,17). The third kappa shape index (κ3) is 2.53. The lowest BCUT2D eigenvalue weighted by atomic mass is 9.98. The molecule has 2 heterocycles. The summed E-state index contributed by atoms with van der Waals surface area (Å²) in [6.45, 7) is 0.707.